The first kappa shape index (κ1) is 11.9. The molecular weight excluding hydrogens is 282 g/mol. The predicted molar refractivity (Wildman–Crippen MR) is 70.0 cm³/mol. The Morgan fingerprint density at radius 1 is 1.47 bits per heavy atom. The second-order valence-corrected chi connectivity index (χ2v) is 4.59. The number of carbonyl (C=O) groups excluding carboxylic acids is 1. The number of benzene rings is 1. The number of carbonyl (C=O) groups is 1. The van der Waals surface area contributed by atoms with Gasteiger partial charge in [-0.25, -0.2) is 0 Å². The third kappa shape index (κ3) is 2.55. The average Bonchev–Trinajstić information content (AvgIpc) is 2.68. The van der Waals surface area contributed by atoms with Crippen LogP contribution in [0.4, 0.5) is 5.69 Å². The monoisotopic (exact) mass is 293 g/mol. The Morgan fingerprint density at radius 2 is 2.24 bits per heavy atom. The summed E-state index contributed by atoms with van der Waals surface area (Å²) in [5, 5.41) is 6.79. The molecule has 17 heavy (non-hydrogen) atoms. The Morgan fingerprint density at radius 3 is 2.88 bits per heavy atom. The van der Waals surface area contributed by atoms with Gasteiger partial charge < -0.3 is 5.32 Å². The number of nitrogens with zero attached hydrogens (tertiary/aromatic N) is 2. The normalized spacial score (nSPS) is 10.3. The highest BCUT2D eigenvalue weighted by molar-refractivity contribution is 9.10. The van der Waals surface area contributed by atoms with Crippen molar-refractivity contribution in [2.24, 2.45) is 7.05 Å². The van der Waals surface area contributed by atoms with E-state index < -0.39 is 0 Å². The summed E-state index contributed by atoms with van der Waals surface area (Å²) >= 11 is 3.42. The fourth-order valence-corrected chi connectivity index (χ4v) is 1.95. The van der Waals surface area contributed by atoms with Crippen molar-refractivity contribution in [1.29, 1.82) is 0 Å². The molecule has 1 aromatic carbocycles. The van der Waals surface area contributed by atoms with Crippen LogP contribution in [0.15, 0.2) is 35.1 Å². The highest BCUT2D eigenvalue weighted by Gasteiger charge is 2.11. The molecule has 0 unspecified atom stereocenters. The maximum atomic E-state index is 12.0. The zero-order chi connectivity index (χ0) is 12.4. The molecule has 0 radical (unpaired) electrons. The largest absolute Gasteiger partial charge is 0.319 e. The van der Waals surface area contributed by atoms with Crippen LogP contribution in [-0.4, -0.2) is 15.7 Å². The summed E-state index contributed by atoms with van der Waals surface area (Å²) in [4.78, 5) is 12.0. The number of hydrogen-bond acceptors (Lipinski definition) is 2. The molecule has 0 spiro atoms. The maximum Gasteiger partial charge on any atom is 0.256 e. The molecule has 0 bridgehead atoms. The van der Waals surface area contributed by atoms with Crippen molar-refractivity contribution in [1.82, 2.24) is 9.78 Å². The average molecular weight is 294 g/mol. The Kier molecular flexibility index (Phi) is 3.28. The summed E-state index contributed by atoms with van der Waals surface area (Å²) < 4.78 is 2.46. The van der Waals surface area contributed by atoms with Crippen LogP contribution in [0.1, 0.15) is 15.9 Å². The van der Waals surface area contributed by atoms with Gasteiger partial charge in [0.25, 0.3) is 5.91 Å². The second-order valence-electron chi connectivity index (χ2n) is 3.79. The van der Waals surface area contributed by atoms with Crippen LogP contribution in [0, 0.1) is 6.92 Å². The van der Waals surface area contributed by atoms with Gasteiger partial charge in [0.05, 0.1) is 17.4 Å². The SMILES string of the molecule is Cc1cccc(C(=O)Nc2cnn(C)c2)c1Br. The van der Waals surface area contributed by atoms with E-state index in [0.717, 1.165) is 10.0 Å². The molecule has 0 fully saturated rings. The predicted octanol–water partition coefficient (Wildman–Crippen LogP) is 2.74. The van der Waals surface area contributed by atoms with E-state index in [1.807, 2.05) is 19.1 Å². The van der Waals surface area contributed by atoms with Crippen LogP contribution in [0.25, 0.3) is 0 Å². The van der Waals surface area contributed by atoms with Crippen molar-refractivity contribution in [2.45, 2.75) is 6.92 Å². The van der Waals surface area contributed by atoms with E-state index >= 15 is 0 Å². The molecule has 0 atom stereocenters. The molecule has 0 aliphatic heterocycles. The van der Waals surface area contributed by atoms with Gasteiger partial charge in [0.1, 0.15) is 0 Å². The first-order valence-electron chi connectivity index (χ1n) is 5.13. The molecule has 2 rings (SSSR count). The summed E-state index contributed by atoms with van der Waals surface area (Å²) in [6.45, 7) is 1.95. The lowest BCUT2D eigenvalue weighted by atomic mass is 10.1. The highest BCUT2D eigenvalue weighted by atomic mass is 79.9. The van der Waals surface area contributed by atoms with E-state index in [9.17, 15) is 4.79 Å². The van der Waals surface area contributed by atoms with Crippen molar-refractivity contribution >= 4 is 27.5 Å². The molecule has 1 heterocycles. The number of amides is 1. The van der Waals surface area contributed by atoms with Crippen molar-refractivity contribution in [3.05, 3.63) is 46.2 Å². The first-order valence-corrected chi connectivity index (χ1v) is 5.92. The molecular formula is C12H12BrN3O. The van der Waals surface area contributed by atoms with Gasteiger partial charge in [-0.1, -0.05) is 12.1 Å². The van der Waals surface area contributed by atoms with E-state index in [1.54, 1.807) is 30.2 Å². The zero-order valence-electron chi connectivity index (χ0n) is 9.57. The van der Waals surface area contributed by atoms with Crippen LogP contribution in [0.3, 0.4) is 0 Å². The van der Waals surface area contributed by atoms with E-state index in [1.165, 1.54) is 0 Å². The van der Waals surface area contributed by atoms with Crippen molar-refractivity contribution in [3.8, 4) is 0 Å². The maximum absolute atomic E-state index is 12.0. The number of nitrogens with one attached hydrogen (secondary N) is 1. The molecule has 1 amide bonds. The fraction of sp³-hybridized carbons (Fsp3) is 0.167. The molecule has 0 saturated heterocycles. The lowest BCUT2D eigenvalue weighted by molar-refractivity contribution is 0.102. The lowest BCUT2D eigenvalue weighted by Gasteiger charge is -2.06. The topological polar surface area (TPSA) is 46.9 Å². The quantitative estimate of drug-likeness (QED) is 0.925. The molecule has 1 N–H and O–H groups in total. The molecule has 1 aromatic heterocycles. The standard InChI is InChI=1S/C12H12BrN3O/c1-8-4-3-5-10(11(8)13)12(17)15-9-6-14-16(2)7-9/h3-7H,1-2H3,(H,15,17). The van der Waals surface area contributed by atoms with Crippen LogP contribution in [0.5, 0.6) is 0 Å². The second kappa shape index (κ2) is 4.71. The molecule has 88 valence electrons. The third-order valence-corrected chi connectivity index (χ3v) is 3.45. The summed E-state index contributed by atoms with van der Waals surface area (Å²) in [6.07, 6.45) is 3.36. The molecule has 0 saturated carbocycles. The minimum absolute atomic E-state index is 0.145. The number of aromatic nitrogens is 2. The summed E-state index contributed by atoms with van der Waals surface area (Å²) in [7, 11) is 1.80. The molecule has 0 aliphatic carbocycles. The first-order chi connectivity index (χ1) is 8.08. The molecule has 0 aliphatic rings. The Bertz CT molecular complexity index is 563. The molecule has 5 heteroatoms. The molecule has 2 aromatic rings. The van der Waals surface area contributed by atoms with Gasteiger partial charge in [-0.15, -0.1) is 0 Å². The lowest BCUT2D eigenvalue weighted by Crippen LogP contribution is -2.12. The van der Waals surface area contributed by atoms with Gasteiger partial charge in [0.2, 0.25) is 0 Å². The number of rotatable bonds is 2. The van der Waals surface area contributed by atoms with Crippen LogP contribution in [0.2, 0.25) is 0 Å². The minimum atomic E-state index is -0.145. The third-order valence-electron chi connectivity index (χ3n) is 2.40. The van der Waals surface area contributed by atoms with Gasteiger partial charge in [-0.2, -0.15) is 5.10 Å². The van der Waals surface area contributed by atoms with E-state index in [2.05, 4.69) is 26.3 Å². The Balaban J connectivity index is 2.23. The van der Waals surface area contributed by atoms with Gasteiger partial charge in [0.15, 0.2) is 0 Å². The highest BCUT2D eigenvalue weighted by Crippen LogP contribution is 2.21. The zero-order valence-corrected chi connectivity index (χ0v) is 11.2. The van der Waals surface area contributed by atoms with E-state index in [-0.39, 0.29) is 5.91 Å². The molecule has 4 nitrogen and oxygen atoms in total. The van der Waals surface area contributed by atoms with E-state index in [0.29, 0.717) is 11.3 Å². The minimum Gasteiger partial charge on any atom is -0.319 e. The Hall–Kier alpha value is -1.62. The summed E-state index contributed by atoms with van der Waals surface area (Å²) in [5.74, 6) is -0.145. The van der Waals surface area contributed by atoms with Crippen molar-refractivity contribution < 1.29 is 4.79 Å². The van der Waals surface area contributed by atoms with Crippen LogP contribution >= 0.6 is 15.9 Å². The van der Waals surface area contributed by atoms with Crippen LogP contribution < -0.4 is 5.32 Å². The van der Waals surface area contributed by atoms with Gasteiger partial charge in [-0.05, 0) is 34.5 Å². The summed E-state index contributed by atoms with van der Waals surface area (Å²) in [5.41, 5.74) is 2.34. The van der Waals surface area contributed by atoms with Crippen LogP contribution in [-0.2, 0) is 7.05 Å². The smallest absolute Gasteiger partial charge is 0.256 e. The van der Waals surface area contributed by atoms with Crippen molar-refractivity contribution in [3.63, 3.8) is 0 Å². The Labute approximate surface area is 108 Å². The van der Waals surface area contributed by atoms with Gasteiger partial charge in [0, 0.05) is 17.7 Å². The van der Waals surface area contributed by atoms with Gasteiger partial charge >= 0.3 is 0 Å². The summed E-state index contributed by atoms with van der Waals surface area (Å²) in [6, 6.07) is 5.59. The number of aryl methyl sites for hydroxylation is 2. The van der Waals surface area contributed by atoms with Crippen molar-refractivity contribution in [2.75, 3.05) is 5.32 Å². The van der Waals surface area contributed by atoms with E-state index in [4.69, 9.17) is 0 Å². The number of hydrogen-bond donors (Lipinski definition) is 1. The number of anilines is 1. The number of halogens is 1. The fourth-order valence-electron chi connectivity index (χ4n) is 1.51. The van der Waals surface area contributed by atoms with Gasteiger partial charge in [-0.3, -0.25) is 9.48 Å².